The molecule has 34 heavy (non-hydrogen) atoms. The summed E-state index contributed by atoms with van der Waals surface area (Å²) in [6.45, 7) is 4.02. The maximum absolute atomic E-state index is 12.6. The lowest BCUT2D eigenvalue weighted by molar-refractivity contribution is -0.141. The number of rotatable bonds is 7. The third kappa shape index (κ3) is 6.57. The van der Waals surface area contributed by atoms with Crippen LogP contribution in [-0.2, 0) is 29.3 Å². The number of carbonyl (C=O) groups is 1. The number of nitrogens with zero attached hydrogens (tertiary/aromatic N) is 2. The van der Waals surface area contributed by atoms with Gasteiger partial charge in [-0.25, -0.2) is 8.42 Å². The Hall–Kier alpha value is -3.40. The van der Waals surface area contributed by atoms with Gasteiger partial charge in [0.05, 0.1) is 18.5 Å². The molecule has 6 nitrogen and oxygen atoms in total. The number of anilines is 1. The van der Waals surface area contributed by atoms with E-state index in [0.29, 0.717) is 11.3 Å². The Morgan fingerprint density at radius 2 is 1.59 bits per heavy atom. The quantitative estimate of drug-likeness (QED) is 0.523. The largest absolute Gasteiger partial charge is 0.433 e. The lowest BCUT2D eigenvalue weighted by Gasteiger charge is -2.23. The van der Waals surface area contributed by atoms with Gasteiger partial charge in [0.1, 0.15) is 5.69 Å². The molecule has 0 spiro atoms. The van der Waals surface area contributed by atoms with Gasteiger partial charge in [-0.05, 0) is 55.3 Å². The van der Waals surface area contributed by atoms with Gasteiger partial charge in [-0.3, -0.25) is 14.1 Å². The first kappa shape index (κ1) is 25.2. The van der Waals surface area contributed by atoms with Crippen molar-refractivity contribution in [3.8, 4) is 0 Å². The number of sulfonamides is 1. The van der Waals surface area contributed by atoms with E-state index in [1.165, 1.54) is 34.6 Å². The summed E-state index contributed by atoms with van der Waals surface area (Å²) in [5.74, 6) is -0.452. The fraction of sp³-hybridized carbons (Fsp3) is 0.250. The molecule has 0 atom stereocenters. The molecule has 0 fully saturated rings. The minimum Gasteiger partial charge on any atom is -0.348 e. The molecule has 180 valence electrons. The van der Waals surface area contributed by atoms with Crippen molar-refractivity contribution in [3.05, 3.63) is 94.3 Å². The van der Waals surface area contributed by atoms with Gasteiger partial charge in [0.15, 0.2) is 0 Å². The number of hydrogen-bond acceptors (Lipinski definition) is 4. The Morgan fingerprint density at radius 3 is 2.09 bits per heavy atom. The SMILES string of the molecule is Cc1cc(C)cc(CN(c2ccc(C(=O)NCc3ccc(C(F)(F)F)nc3)cc2)S(C)(=O)=O)c1. The van der Waals surface area contributed by atoms with Crippen LogP contribution in [0.1, 0.15) is 38.3 Å². The second-order valence-corrected chi connectivity index (χ2v) is 9.95. The fourth-order valence-electron chi connectivity index (χ4n) is 3.49. The summed E-state index contributed by atoms with van der Waals surface area (Å²) in [4.78, 5) is 15.8. The van der Waals surface area contributed by atoms with Gasteiger partial charge in [0, 0.05) is 18.3 Å². The normalized spacial score (nSPS) is 11.8. The van der Waals surface area contributed by atoms with Crippen LogP contribution in [-0.4, -0.2) is 25.6 Å². The molecule has 10 heteroatoms. The molecule has 0 saturated carbocycles. The van der Waals surface area contributed by atoms with E-state index in [-0.39, 0.29) is 18.7 Å². The van der Waals surface area contributed by atoms with Gasteiger partial charge in [-0.1, -0.05) is 35.4 Å². The molecule has 1 heterocycles. The molecule has 0 radical (unpaired) electrons. The first-order chi connectivity index (χ1) is 15.8. The van der Waals surface area contributed by atoms with Crippen molar-refractivity contribution in [2.75, 3.05) is 10.6 Å². The second kappa shape index (κ2) is 9.84. The van der Waals surface area contributed by atoms with Gasteiger partial charge in [-0.2, -0.15) is 13.2 Å². The Kier molecular flexibility index (Phi) is 7.30. The van der Waals surface area contributed by atoms with Gasteiger partial charge in [-0.15, -0.1) is 0 Å². The summed E-state index contributed by atoms with van der Waals surface area (Å²) in [5.41, 5.74) is 2.99. The average Bonchev–Trinajstić information content (AvgIpc) is 2.74. The monoisotopic (exact) mass is 491 g/mol. The zero-order valence-electron chi connectivity index (χ0n) is 18.8. The predicted octanol–water partition coefficient (Wildman–Crippen LogP) is 4.61. The molecule has 0 aliphatic heterocycles. The van der Waals surface area contributed by atoms with E-state index in [0.717, 1.165) is 35.2 Å². The highest BCUT2D eigenvalue weighted by Crippen LogP contribution is 2.27. The number of amides is 1. The van der Waals surface area contributed by atoms with E-state index >= 15 is 0 Å². The molecule has 0 aliphatic carbocycles. The molecule has 0 bridgehead atoms. The van der Waals surface area contributed by atoms with E-state index < -0.39 is 27.8 Å². The lowest BCUT2D eigenvalue weighted by Crippen LogP contribution is -2.29. The van der Waals surface area contributed by atoms with Crippen LogP contribution in [0.4, 0.5) is 18.9 Å². The topological polar surface area (TPSA) is 79.4 Å². The number of halogens is 3. The number of pyridine rings is 1. The highest BCUT2D eigenvalue weighted by molar-refractivity contribution is 7.92. The van der Waals surface area contributed by atoms with Crippen LogP contribution in [0.5, 0.6) is 0 Å². The molecule has 0 saturated heterocycles. The zero-order valence-corrected chi connectivity index (χ0v) is 19.7. The van der Waals surface area contributed by atoms with E-state index in [1.54, 1.807) is 0 Å². The van der Waals surface area contributed by atoms with E-state index in [1.807, 2.05) is 32.0 Å². The zero-order chi connectivity index (χ0) is 25.1. The molecule has 1 amide bonds. The Morgan fingerprint density at radius 1 is 0.971 bits per heavy atom. The van der Waals surface area contributed by atoms with E-state index in [9.17, 15) is 26.4 Å². The minimum atomic E-state index is -4.53. The molecule has 1 aromatic heterocycles. The van der Waals surface area contributed by atoms with Crippen LogP contribution >= 0.6 is 0 Å². The molecule has 2 aromatic carbocycles. The summed E-state index contributed by atoms with van der Waals surface area (Å²) in [6, 6.07) is 14.0. The summed E-state index contributed by atoms with van der Waals surface area (Å²) < 4.78 is 63.9. The predicted molar refractivity (Wildman–Crippen MR) is 124 cm³/mol. The number of nitrogens with one attached hydrogen (secondary N) is 1. The molecular formula is C24H24F3N3O3S. The van der Waals surface area contributed by atoms with Crippen molar-refractivity contribution >= 4 is 21.6 Å². The smallest absolute Gasteiger partial charge is 0.348 e. The Labute approximate surface area is 196 Å². The number of alkyl halides is 3. The van der Waals surface area contributed by atoms with Gasteiger partial charge in [0.25, 0.3) is 5.91 Å². The number of aromatic nitrogens is 1. The fourth-order valence-corrected chi connectivity index (χ4v) is 4.37. The number of hydrogen-bond donors (Lipinski definition) is 1. The first-order valence-electron chi connectivity index (χ1n) is 10.3. The third-order valence-electron chi connectivity index (χ3n) is 4.99. The van der Waals surface area contributed by atoms with Gasteiger partial charge >= 0.3 is 6.18 Å². The molecular weight excluding hydrogens is 467 g/mol. The van der Waals surface area contributed by atoms with Crippen molar-refractivity contribution < 1.29 is 26.4 Å². The van der Waals surface area contributed by atoms with Crippen LogP contribution in [0.25, 0.3) is 0 Å². The van der Waals surface area contributed by atoms with Crippen LogP contribution in [0.2, 0.25) is 0 Å². The van der Waals surface area contributed by atoms with Crippen molar-refractivity contribution in [3.63, 3.8) is 0 Å². The summed E-state index contributed by atoms with van der Waals surface area (Å²) in [5, 5.41) is 2.61. The first-order valence-corrected chi connectivity index (χ1v) is 12.1. The van der Waals surface area contributed by atoms with E-state index in [2.05, 4.69) is 10.3 Å². The van der Waals surface area contributed by atoms with Crippen LogP contribution < -0.4 is 9.62 Å². The van der Waals surface area contributed by atoms with Crippen LogP contribution in [0.3, 0.4) is 0 Å². The van der Waals surface area contributed by atoms with Crippen LogP contribution in [0, 0.1) is 13.8 Å². The van der Waals surface area contributed by atoms with E-state index in [4.69, 9.17) is 0 Å². The maximum atomic E-state index is 12.6. The molecule has 3 rings (SSSR count). The molecule has 0 aliphatic rings. The number of aryl methyl sites for hydroxylation is 2. The van der Waals surface area contributed by atoms with Gasteiger partial charge < -0.3 is 5.32 Å². The Balaban J connectivity index is 1.70. The third-order valence-corrected chi connectivity index (χ3v) is 6.13. The van der Waals surface area contributed by atoms with Gasteiger partial charge in [0.2, 0.25) is 10.0 Å². The average molecular weight is 492 g/mol. The van der Waals surface area contributed by atoms with Crippen molar-refractivity contribution in [1.29, 1.82) is 0 Å². The summed E-state index contributed by atoms with van der Waals surface area (Å²) >= 11 is 0. The van der Waals surface area contributed by atoms with Crippen molar-refractivity contribution in [2.45, 2.75) is 33.1 Å². The minimum absolute atomic E-state index is 0.00606. The summed E-state index contributed by atoms with van der Waals surface area (Å²) in [6.07, 6.45) is -2.35. The highest BCUT2D eigenvalue weighted by atomic mass is 32.2. The Bertz CT molecular complexity index is 1250. The number of benzene rings is 2. The maximum Gasteiger partial charge on any atom is 0.433 e. The lowest BCUT2D eigenvalue weighted by atomic mass is 10.1. The molecule has 0 unspecified atom stereocenters. The molecule has 1 N–H and O–H groups in total. The van der Waals surface area contributed by atoms with Crippen LogP contribution in [0.15, 0.2) is 60.8 Å². The summed E-state index contributed by atoms with van der Waals surface area (Å²) in [7, 11) is -3.59. The van der Waals surface area contributed by atoms with Crippen molar-refractivity contribution in [2.24, 2.45) is 0 Å². The second-order valence-electron chi connectivity index (χ2n) is 8.04. The highest BCUT2D eigenvalue weighted by Gasteiger charge is 2.32. The molecule has 3 aromatic rings. The number of carbonyl (C=O) groups excluding carboxylic acids is 1. The van der Waals surface area contributed by atoms with Crippen molar-refractivity contribution in [1.82, 2.24) is 10.3 Å². The standard InChI is InChI=1S/C24H24F3N3O3S/c1-16-10-17(2)12-19(11-16)15-30(34(3,32)33)21-7-5-20(6-8-21)23(31)29-14-18-4-9-22(28-13-18)24(25,26)27/h4-13H,14-15H2,1-3H3,(H,29,31).